The number of nitrogens with one attached hydrogen (secondary N) is 1. The largest absolute Gasteiger partial charge is 0.345 e. The monoisotopic (exact) mass is 319 g/mol. The molecule has 0 spiro atoms. The van der Waals surface area contributed by atoms with Crippen LogP contribution >= 0.6 is 0 Å². The van der Waals surface area contributed by atoms with Crippen LogP contribution in [-0.2, 0) is 0 Å². The summed E-state index contributed by atoms with van der Waals surface area (Å²) in [5.74, 6) is -0.0939. The lowest BCUT2D eigenvalue weighted by molar-refractivity contribution is 0.0938. The molecule has 0 bridgehead atoms. The SMILES string of the molecule is Cc1nn(-c2ccccc2)c(C)c1C(=O)N[C@H](C)c1ccccc1. The number of carbonyl (C=O) groups is 1. The van der Waals surface area contributed by atoms with Crippen molar-refractivity contribution in [3.05, 3.63) is 83.2 Å². The van der Waals surface area contributed by atoms with Crippen molar-refractivity contribution < 1.29 is 4.79 Å². The summed E-state index contributed by atoms with van der Waals surface area (Å²) in [7, 11) is 0. The zero-order valence-corrected chi connectivity index (χ0v) is 14.2. The molecule has 4 nitrogen and oxygen atoms in total. The molecule has 0 aliphatic rings. The number of amides is 1. The van der Waals surface area contributed by atoms with Crippen LogP contribution in [0.1, 0.15) is 40.3 Å². The van der Waals surface area contributed by atoms with E-state index >= 15 is 0 Å². The van der Waals surface area contributed by atoms with Gasteiger partial charge in [0.15, 0.2) is 0 Å². The number of para-hydroxylation sites is 1. The van der Waals surface area contributed by atoms with Crippen LogP contribution in [0, 0.1) is 13.8 Å². The second-order valence-electron chi connectivity index (χ2n) is 5.90. The van der Waals surface area contributed by atoms with Gasteiger partial charge in [-0.3, -0.25) is 4.79 Å². The highest BCUT2D eigenvalue weighted by molar-refractivity contribution is 5.96. The van der Waals surface area contributed by atoms with Gasteiger partial charge in [-0.25, -0.2) is 4.68 Å². The van der Waals surface area contributed by atoms with Gasteiger partial charge in [-0.15, -0.1) is 0 Å². The predicted molar refractivity (Wildman–Crippen MR) is 95.4 cm³/mol. The molecule has 0 aliphatic heterocycles. The molecule has 3 aromatic rings. The lowest BCUT2D eigenvalue weighted by Crippen LogP contribution is -2.27. The molecule has 4 heteroatoms. The van der Waals surface area contributed by atoms with Gasteiger partial charge in [-0.05, 0) is 38.5 Å². The van der Waals surface area contributed by atoms with E-state index in [0.29, 0.717) is 5.56 Å². The third-order valence-corrected chi connectivity index (χ3v) is 4.17. The molecule has 0 aliphatic carbocycles. The fraction of sp³-hybridized carbons (Fsp3) is 0.200. The minimum Gasteiger partial charge on any atom is -0.345 e. The lowest BCUT2D eigenvalue weighted by atomic mass is 10.1. The van der Waals surface area contributed by atoms with Gasteiger partial charge in [0, 0.05) is 0 Å². The van der Waals surface area contributed by atoms with E-state index in [-0.39, 0.29) is 11.9 Å². The predicted octanol–water partition coefficient (Wildman–Crippen LogP) is 3.98. The van der Waals surface area contributed by atoms with Crippen molar-refractivity contribution in [2.45, 2.75) is 26.8 Å². The molecule has 0 fully saturated rings. The number of aromatic nitrogens is 2. The number of aryl methyl sites for hydroxylation is 1. The molecule has 0 saturated heterocycles. The van der Waals surface area contributed by atoms with Crippen molar-refractivity contribution >= 4 is 5.91 Å². The Morgan fingerprint density at radius 2 is 1.58 bits per heavy atom. The standard InChI is InChI=1S/C20H21N3O/c1-14(17-10-6-4-7-11-17)21-20(24)19-15(2)22-23(16(19)3)18-12-8-5-9-13-18/h4-14H,1-3H3,(H,21,24)/t14-/m1/s1. The van der Waals surface area contributed by atoms with Crippen molar-refractivity contribution in [1.82, 2.24) is 15.1 Å². The first-order valence-electron chi connectivity index (χ1n) is 8.05. The Hall–Kier alpha value is -2.88. The molecule has 0 radical (unpaired) electrons. The number of nitrogens with zero attached hydrogens (tertiary/aromatic N) is 2. The molecule has 1 heterocycles. The average molecular weight is 319 g/mol. The fourth-order valence-electron chi connectivity index (χ4n) is 2.89. The zero-order chi connectivity index (χ0) is 17.1. The summed E-state index contributed by atoms with van der Waals surface area (Å²) in [6.07, 6.45) is 0. The van der Waals surface area contributed by atoms with E-state index in [4.69, 9.17) is 0 Å². The highest BCUT2D eigenvalue weighted by Crippen LogP contribution is 2.19. The summed E-state index contributed by atoms with van der Waals surface area (Å²) in [5.41, 5.74) is 4.25. The molecule has 1 aromatic heterocycles. The molecule has 0 saturated carbocycles. The van der Waals surface area contributed by atoms with Gasteiger partial charge < -0.3 is 5.32 Å². The van der Waals surface area contributed by atoms with Crippen molar-refractivity contribution in [2.75, 3.05) is 0 Å². The normalized spacial score (nSPS) is 12.0. The first kappa shape index (κ1) is 16.0. The molecule has 3 rings (SSSR count). The van der Waals surface area contributed by atoms with Crippen LogP contribution < -0.4 is 5.32 Å². The van der Waals surface area contributed by atoms with Crippen LogP contribution in [0.15, 0.2) is 60.7 Å². The van der Waals surface area contributed by atoms with Gasteiger partial charge in [-0.1, -0.05) is 48.5 Å². The summed E-state index contributed by atoms with van der Waals surface area (Å²) >= 11 is 0. The lowest BCUT2D eigenvalue weighted by Gasteiger charge is -2.14. The topological polar surface area (TPSA) is 46.9 Å². The van der Waals surface area contributed by atoms with E-state index in [1.54, 1.807) is 0 Å². The number of hydrogen-bond acceptors (Lipinski definition) is 2. The molecule has 1 N–H and O–H groups in total. The molecule has 2 aromatic carbocycles. The average Bonchev–Trinajstić information content (AvgIpc) is 2.91. The van der Waals surface area contributed by atoms with Gasteiger partial charge >= 0.3 is 0 Å². The third-order valence-electron chi connectivity index (χ3n) is 4.17. The first-order valence-corrected chi connectivity index (χ1v) is 8.05. The third kappa shape index (κ3) is 3.08. The molecular formula is C20H21N3O. The van der Waals surface area contributed by atoms with Crippen LogP contribution in [0.5, 0.6) is 0 Å². The van der Waals surface area contributed by atoms with Crippen molar-refractivity contribution in [3.8, 4) is 5.69 Å². The van der Waals surface area contributed by atoms with Gasteiger partial charge in [0.2, 0.25) is 0 Å². The number of rotatable bonds is 4. The Morgan fingerprint density at radius 3 is 2.21 bits per heavy atom. The van der Waals surface area contributed by atoms with Crippen LogP contribution in [0.4, 0.5) is 0 Å². The Balaban J connectivity index is 1.87. The summed E-state index contributed by atoms with van der Waals surface area (Å²) in [6, 6.07) is 19.7. The van der Waals surface area contributed by atoms with E-state index in [1.807, 2.05) is 86.1 Å². The first-order chi connectivity index (χ1) is 11.6. The zero-order valence-electron chi connectivity index (χ0n) is 14.2. The number of benzene rings is 2. The van der Waals surface area contributed by atoms with Crippen LogP contribution in [-0.4, -0.2) is 15.7 Å². The summed E-state index contributed by atoms with van der Waals surface area (Å²) in [4.78, 5) is 12.8. The Labute approximate surface area is 142 Å². The van der Waals surface area contributed by atoms with Crippen LogP contribution in [0.2, 0.25) is 0 Å². The quantitative estimate of drug-likeness (QED) is 0.790. The van der Waals surface area contributed by atoms with Gasteiger partial charge in [0.25, 0.3) is 5.91 Å². The van der Waals surface area contributed by atoms with E-state index in [0.717, 1.165) is 22.6 Å². The number of carbonyl (C=O) groups excluding carboxylic acids is 1. The maximum atomic E-state index is 12.8. The number of hydrogen-bond donors (Lipinski definition) is 1. The van der Waals surface area contributed by atoms with Gasteiger partial charge in [-0.2, -0.15) is 5.10 Å². The highest BCUT2D eigenvalue weighted by Gasteiger charge is 2.21. The Bertz CT molecular complexity index is 838. The van der Waals surface area contributed by atoms with Crippen molar-refractivity contribution in [3.63, 3.8) is 0 Å². The van der Waals surface area contributed by atoms with E-state index in [2.05, 4.69) is 10.4 Å². The Kier molecular flexibility index (Phi) is 4.47. The molecule has 1 atom stereocenters. The van der Waals surface area contributed by atoms with Gasteiger partial charge in [0.1, 0.15) is 0 Å². The summed E-state index contributed by atoms with van der Waals surface area (Å²) < 4.78 is 1.82. The molecular weight excluding hydrogens is 298 g/mol. The minimum absolute atomic E-state index is 0.0578. The fourth-order valence-corrected chi connectivity index (χ4v) is 2.89. The summed E-state index contributed by atoms with van der Waals surface area (Å²) in [6.45, 7) is 5.78. The van der Waals surface area contributed by atoms with Crippen molar-refractivity contribution in [2.24, 2.45) is 0 Å². The Morgan fingerprint density at radius 1 is 1.00 bits per heavy atom. The maximum absolute atomic E-state index is 12.8. The molecule has 0 unspecified atom stereocenters. The van der Waals surface area contributed by atoms with E-state index < -0.39 is 0 Å². The second-order valence-corrected chi connectivity index (χ2v) is 5.90. The second kappa shape index (κ2) is 6.71. The van der Waals surface area contributed by atoms with E-state index in [1.165, 1.54) is 0 Å². The maximum Gasteiger partial charge on any atom is 0.255 e. The van der Waals surface area contributed by atoms with Crippen LogP contribution in [0.3, 0.4) is 0 Å². The minimum atomic E-state index is -0.0939. The van der Waals surface area contributed by atoms with E-state index in [9.17, 15) is 4.79 Å². The molecule has 1 amide bonds. The van der Waals surface area contributed by atoms with Crippen LogP contribution in [0.25, 0.3) is 5.69 Å². The van der Waals surface area contributed by atoms with Crippen molar-refractivity contribution in [1.29, 1.82) is 0 Å². The molecule has 122 valence electrons. The molecule has 24 heavy (non-hydrogen) atoms. The smallest absolute Gasteiger partial charge is 0.255 e. The van der Waals surface area contributed by atoms with Gasteiger partial charge in [0.05, 0.1) is 28.7 Å². The summed E-state index contributed by atoms with van der Waals surface area (Å²) in [5, 5.41) is 7.60. The highest BCUT2D eigenvalue weighted by atomic mass is 16.1.